The summed E-state index contributed by atoms with van der Waals surface area (Å²) in [4.78, 5) is 27.6. The van der Waals surface area contributed by atoms with E-state index < -0.39 is 11.9 Å². The van der Waals surface area contributed by atoms with E-state index in [1.165, 1.54) is 6.33 Å². The number of halogens is 1. The van der Waals surface area contributed by atoms with Gasteiger partial charge in [-0.05, 0) is 20.3 Å². The second-order valence-corrected chi connectivity index (χ2v) is 4.00. The van der Waals surface area contributed by atoms with Gasteiger partial charge in [0.15, 0.2) is 11.4 Å². The Bertz CT molecular complexity index is 445. The first-order valence-corrected chi connectivity index (χ1v) is 6.64. The van der Waals surface area contributed by atoms with Gasteiger partial charge in [0.05, 0.1) is 19.5 Å². The average Bonchev–Trinajstić information content (AvgIpc) is 2.80. The van der Waals surface area contributed by atoms with Gasteiger partial charge in [-0.2, -0.15) is 0 Å². The Balaban J connectivity index is 3.06. The minimum atomic E-state index is -0.629. The summed E-state index contributed by atoms with van der Waals surface area (Å²) in [6.45, 7) is 4.31. The SMILES string of the molecule is CCOC(=O)c1ncn(CCCCl)c1C(=O)OCC. The molecule has 0 aliphatic carbocycles. The highest BCUT2D eigenvalue weighted by Gasteiger charge is 2.25. The third-order valence-electron chi connectivity index (χ3n) is 2.31. The number of rotatable bonds is 7. The molecule has 0 fully saturated rings. The molecule has 0 aliphatic heterocycles. The van der Waals surface area contributed by atoms with Crippen molar-refractivity contribution in [3.05, 3.63) is 17.7 Å². The summed E-state index contributed by atoms with van der Waals surface area (Å²) in [6.07, 6.45) is 2.08. The van der Waals surface area contributed by atoms with Crippen molar-refractivity contribution in [2.45, 2.75) is 26.8 Å². The maximum atomic E-state index is 11.9. The van der Waals surface area contributed by atoms with Gasteiger partial charge in [-0.15, -0.1) is 11.6 Å². The first kappa shape index (κ1) is 15.5. The lowest BCUT2D eigenvalue weighted by molar-refractivity contribution is 0.0467. The quantitative estimate of drug-likeness (QED) is 0.566. The van der Waals surface area contributed by atoms with Crippen LogP contribution < -0.4 is 0 Å². The molecule has 0 bridgehead atoms. The predicted molar refractivity (Wildman–Crippen MR) is 69.5 cm³/mol. The molecular weight excluding hydrogens is 272 g/mol. The molecule has 0 N–H and O–H groups in total. The summed E-state index contributed by atoms with van der Waals surface area (Å²) in [5, 5.41) is 0. The molecule has 0 saturated carbocycles. The molecule has 1 heterocycles. The van der Waals surface area contributed by atoms with Crippen molar-refractivity contribution in [3.8, 4) is 0 Å². The van der Waals surface area contributed by atoms with Crippen LogP contribution in [0.2, 0.25) is 0 Å². The molecule has 0 spiro atoms. The fourth-order valence-corrected chi connectivity index (χ4v) is 1.66. The first-order valence-electron chi connectivity index (χ1n) is 6.11. The number of aromatic nitrogens is 2. The third kappa shape index (κ3) is 3.96. The zero-order valence-corrected chi connectivity index (χ0v) is 11.8. The van der Waals surface area contributed by atoms with Gasteiger partial charge < -0.3 is 14.0 Å². The van der Waals surface area contributed by atoms with Crippen molar-refractivity contribution in [2.75, 3.05) is 19.1 Å². The van der Waals surface area contributed by atoms with Gasteiger partial charge in [0.1, 0.15) is 0 Å². The molecule has 1 aromatic rings. The van der Waals surface area contributed by atoms with Gasteiger partial charge in [-0.3, -0.25) is 0 Å². The summed E-state index contributed by atoms with van der Waals surface area (Å²) in [5.74, 6) is -0.761. The Morgan fingerprint density at radius 1 is 1.26 bits per heavy atom. The van der Waals surface area contributed by atoms with Crippen molar-refractivity contribution >= 4 is 23.5 Å². The molecule has 0 radical (unpaired) electrons. The molecular formula is C12H17ClN2O4. The highest BCUT2D eigenvalue weighted by atomic mass is 35.5. The molecule has 0 aromatic carbocycles. The van der Waals surface area contributed by atoms with E-state index in [1.807, 2.05) is 0 Å². The maximum Gasteiger partial charge on any atom is 0.359 e. The molecule has 0 unspecified atom stereocenters. The number of ether oxygens (including phenoxy) is 2. The van der Waals surface area contributed by atoms with Crippen LogP contribution in [0.25, 0.3) is 0 Å². The highest BCUT2D eigenvalue weighted by Crippen LogP contribution is 2.12. The van der Waals surface area contributed by atoms with Crippen LogP contribution in [0, 0.1) is 0 Å². The number of alkyl halides is 1. The topological polar surface area (TPSA) is 70.4 Å². The lowest BCUT2D eigenvalue weighted by Crippen LogP contribution is -2.17. The van der Waals surface area contributed by atoms with Gasteiger partial charge in [0.2, 0.25) is 0 Å². The van der Waals surface area contributed by atoms with Crippen LogP contribution in [0.4, 0.5) is 0 Å². The van der Waals surface area contributed by atoms with Crippen LogP contribution in [0.1, 0.15) is 41.2 Å². The van der Waals surface area contributed by atoms with E-state index in [9.17, 15) is 9.59 Å². The largest absolute Gasteiger partial charge is 0.461 e. The van der Waals surface area contributed by atoms with Gasteiger partial charge in [0, 0.05) is 12.4 Å². The van der Waals surface area contributed by atoms with Crippen LogP contribution in [0.3, 0.4) is 0 Å². The molecule has 1 rings (SSSR count). The van der Waals surface area contributed by atoms with E-state index in [2.05, 4.69) is 4.98 Å². The summed E-state index contributed by atoms with van der Waals surface area (Å²) in [6, 6.07) is 0. The number of hydrogen-bond donors (Lipinski definition) is 0. The second-order valence-electron chi connectivity index (χ2n) is 3.62. The van der Waals surface area contributed by atoms with Crippen molar-refractivity contribution in [1.82, 2.24) is 9.55 Å². The zero-order chi connectivity index (χ0) is 14.3. The van der Waals surface area contributed by atoms with E-state index in [1.54, 1.807) is 18.4 Å². The van der Waals surface area contributed by atoms with Gasteiger partial charge in [-0.1, -0.05) is 0 Å². The number of aryl methyl sites for hydroxylation is 1. The van der Waals surface area contributed by atoms with Crippen LogP contribution in [0.5, 0.6) is 0 Å². The van der Waals surface area contributed by atoms with E-state index in [-0.39, 0.29) is 24.6 Å². The Morgan fingerprint density at radius 3 is 2.47 bits per heavy atom. The molecule has 1 aromatic heterocycles. The Hall–Kier alpha value is -1.56. The predicted octanol–water partition coefficient (Wildman–Crippen LogP) is 1.87. The number of imidazole rings is 1. The third-order valence-corrected chi connectivity index (χ3v) is 2.58. The fraction of sp³-hybridized carbons (Fsp3) is 0.583. The monoisotopic (exact) mass is 288 g/mol. The summed E-state index contributed by atoms with van der Waals surface area (Å²) < 4.78 is 11.4. The average molecular weight is 289 g/mol. The first-order chi connectivity index (χ1) is 9.15. The Kier molecular flexibility index (Phi) is 6.35. The van der Waals surface area contributed by atoms with Crippen LogP contribution in [-0.2, 0) is 16.0 Å². The fourth-order valence-electron chi connectivity index (χ4n) is 1.54. The van der Waals surface area contributed by atoms with Crippen molar-refractivity contribution in [3.63, 3.8) is 0 Å². The minimum Gasteiger partial charge on any atom is -0.461 e. The number of carbonyl (C=O) groups is 2. The van der Waals surface area contributed by atoms with Crippen LogP contribution in [0.15, 0.2) is 6.33 Å². The summed E-state index contributed by atoms with van der Waals surface area (Å²) >= 11 is 5.62. The maximum absolute atomic E-state index is 11.9. The van der Waals surface area contributed by atoms with Gasteiger partial charge >= 0.3 is 11.9 Å². The second kappa shape index (κ2) is 7.78. The van der Waals surface area contributed by atoms with Crippen LogP contribution in [-0.4, -0.2) is 40.6 Å². The van der Waals surface area contributed by atoms with E-state index in [4.69, 9.17) is 21.1 Å². The minimum absolute atomic E-state index is 0.0186. The molecule has 7 heteroatoms. The smallest absolute Gasteiger partial charge is 0.359 e. The molecule has 0 amide bonds. The molecule has 0 atom stereocenters. The molecule has 6 nitrogen and oxygen atoms in total. The lowest BCUT2D eigenvalue weighted by atomic mass is 10.3. The van der Waals surface area contributed by atoms with Crippen molar-refractivity contribution in [2.24, 2.45) is 0 Å². The van der Waals surface area contributed by atoms with Gasteiger partial charge in [-0.25, -0.2) is 14.6 Å². The van der Waals surface area contributed by atoms with Crippen LogP contribution >= 0.6 is 11.6 Å². The number of hydrogen-bond acceptors (Lipinski definition) is 5. The Morgan fingerprint density at radius 2 is 1.89 bits per heavy atom. The van der Waals surface area contributed by atoms with Crippen molar-refractivity contribution < 1.29 is 19.1 Å². The number of carbonyl (C=O) groups excluding carboxylic acids is 2. The van der Waals surface area contributed by atoms with Gasteiger partial charge in [0.25, 0.3) is 0 Å². The van der Waals surface area contributed by atoms with E-state index >= 15 is 0 Å². The normalized spacial score (nSPS) is 10.3. The number of esters is 2. The van der Waals surface area contributed by atoms with E-state index in [0.717, 1.165) is 0 Å². The zero-order valence-electron chi connectivity index (χ0n) is 11.0. The lowest BCUT2D eigenvalue weighted by Gasteiger charge is -2.08. The Labute approximate surface area is 116 Å². The van der Waals surface area contributed by atoms with Crippen molar-refractivity contribution in [1.29, 1.82) is 0 Å². The molecule has 106 valence electrons. The summed E-state index contributed by atoms with van der Waals surface area (Å²) in [7, 11) is 0. The summed E-state index contributed by atoms with van der Waals surface area (Å²) in [5.41, 5.74) is 0.0975. The highest BCUT2D eigenvalue weighted by molar-refractivity contribution is 6.17. The standard InChI is InChI=1S/C12H17ClN2O4/c1-3-18-11(16)9-10(12(17)19-4-2)15(8-14-9)7-5-6-13/h8H,3-7H2,1-2H3. The van der Waals surface area contributed by atoms with E-state index in [0.29, 0.717) is 18.8 Å². The number of nitrogens with zero attached hydrogens (tertiary/aromatic N) is 2. The molecule has 0 saturated heterocycles. The molecule has 19 heavy (non-hydrogen) atoms. The molecule has 0 aliphatic rings.